The maximum atomic E-state index is 4.48. The van der Waals surface area contributed by atoms with Crippen molar-refractivity contribution in [1.29, 1.82) is 0 Å². The average molecular weight is 211 g/mol. The Morgan fingerprint density at radius 1 is 1.06 bits per heavy atom. The van der Waals surface area contributed by atoms with Crippen LogP contribution in [0.3, 0.4) is 0 Å². The van der Waals surface area contributed by atoms with E-state index in [4.69, 9.17) is 0 Å². The number of pyridine rings is 1. The van der Waals surface area contributed by atoms with Gasteiger partial charge in [0.25, 0.3) is 0 Å². The van der Waals surface area contributed by atoms with E-state index in [1.54, 1.807) is 0 Å². The summed E-state index contributed by atoms with van der Waals surface area (Å²) in [5.41, 5.74) is 4.97. The van der Waals surface area contributed by atoms with Gasteiger partial charge in [-0.3, -0.25) is 4.98 Å². The molecule has 0 aliphatic heterocycles. The average Bonchev–Trinajstić information content (AvgIpc) is 2.29. The van der Waals surface area contributed by atoms with E-state index in [0.717, 1.165) is 0 Å². The molecule has 0 aliphatic carbocycles. The van der Waals surface area contributed by atoms with E-state index in [1.165, 1.54) is 22.4 Å². The largest absolute Gasteiger partial charge is 0.260 e. The third-order valence-corrected chi connectivity index (χ3v) is 2.71. The first-order valence-corrected chi connectivity index (χ1v) is 5.70. The van der Waals surface area contributed by atoms with Crippen molar-refractivity contribution in [2.75, 3.05) is 0 Å². The van der Waals surface area contributed by atoms with E-state index in [2.05, 4.69) is 56.1 Å². The minimum absolute atomic E-state index is 0.455. The van der Waals surface area contributed by atoms with E-state index in [0.29, 0.717) is 5.92 Å². The van der Waals surface area contributed by atoms with Crippen LogP contribution in [0, 0.1) is 6.92 Å². The van der Waals surface area contributed by atoms with Crippen molar-refractivity contribution in [2.45, 2.75) is 26.7 Å². The first-order chi connectivity index (χ1) is 7.68. The summed E-state index contributed by atoms with van der Waals surface area (Å²) in [6.07, 6.45) is 1.87. The molecule has 2 rings (SSSR count). The minimum Gasteiger partial charge on any atom is -0.260 e. The molecule has 1 nitrogen and oxygen atoms in total. The lowest BCUT2D eigenvalue weighted by atomic mass is 9.97. The number of nitrogens with zero attached hydrogens (tertiary/aromatic N) is 1. The highest BCUT2D eigenvalue weighted by molar-refractivity contribution is 5.66. The second-order valence-corrected chi connectivity index (χ2v) is 4.46. The molecule has 0 saturated heterocycles. The molecule has 0 radical (unpaired) electrons. The smallest absolute Gasteiger partial charge is 0.0507 e. The molecule has 0 atom stereocenters. The summed E-state index contributed by atoms with van der Waals surface area (Å²) in [5, 5.41) is 0. The Balaban J connectivity index is 2.55. The molecule has 0 unspecified atom stereocenters. The first kappa shape index (κ1) is 10.9. The molecule has 0 bridgehead atoms. The summed E-state index contributed by atoms with van der Waals surface area (Å²) in [7, 11) is 0. The van der Waals surface area contributed by atoms with Crippen molar-refractivity contribution < 1.29 is 0 Å². The molecule has 16 heavy (non-hydrogen) atoms. The zero-order chi connectivity index (χ0) is 11.5. The number of hydrogen-bond acceptors (Lipinski definition) is 1. The predicted molar refractivity (Wildman–Crippen MR) is 68.5 cm³/mol. The van der Waals surface area contributed by atoms with Gasteiger partial charge in [-0.2, -0.15) is 0 Å². The molecule has 1 heteroatoms. The van der Waals surface area contributed by atoms with Gasteiger partial charge in [0.2, 0.25) is 0 Å². The number of hydrogen-bond donors (Lipinski definition) is 0. The maximum Gasteiger partial charge on any atom is 0.0507 e. The standard InChI is InChI=1S/C15H17N/c1-11(2)15-14(8-5-9-16-15)13-7-4-6-12(3)10-13/h4-11H,1-3H3. The van der Waals surface area contributed by atoms with Crippen LogP contribution < -0.4 is 0 Å². The Hall–Kier alpha value is -1.63. The summed E-state index contributed by atoms with van der Waals surface area (Å²) >= 11 is 0. The van der Waals surface area contributed by atoms with Gasteiger partial charge in [-0.05, 0) is 24.5 Å². The van der Waals surface area contributed by atoms with Gasteiger partial charge >= 0.3 is 0 Å². The maximum absolute atomic E-state index is 4.48. The summed E-state index contributed by atoms with van der Waals surface area (Å²) in [5.74, 6) is 0.455. The topological polar surface area (TPSA) is 12.9 Å². The van der Waals surface area contributed by atoms with Crippen LogP contribution in [0.4, 0.5) is 0 Å². The van der Waals surface area contributed by atoms with E-state index >= 15 is 0 Å². The van der Waals surface area contributed by atoms with Crippen LogP contribution in [-0.4, -0.2) is 4.98 Å². The number of rotatable bonds is 2. The predicted octanol–water partition coefficient (Wildman–Crippen LogP) is 4.18. The van der Waals surface area contributed by atoms with Crippen LogP contribution >= 0.6 is 0 Å². The van der Waals surface area contributed by atoms with Crippen molar-refractivity contribution in [3.8, 4) is 11.1 Å². The van der Waals surface area contributed by atoms with Crippen molar-refractivity contribution in [3.05, 3.63) is 53.9 Å². The summed E-state index contributed by atoms with van der Waals surface area (Å²) < 4.78 is 0. The van der Waals surface area contributed by atoms with Crippen molar-refractivity contribution in [2.24, 2.45) is 0 Å². The van der Waals surface area contributed by atoms with Gasteiger partial charge in [0, 0.05) is 11.8 Å². The van der Waals surface area contributed by atoms with Gasteiger partial charge in [0.15, 0.2) is 0 Å². The summed E-state index contributed by atoms with van der Waals surface area (Å²) in [4.78, 5) is 4.48. The Morgan fingerprint density at radius 2 is 1.88 bits per heavy atom. The molecular formula is C15H17N. The molecule has 0 fully saturated rings. The van der Waals surface area contributed by atoms with Gasteiger partial charge in [-0.15, -0.1) is 0 Å². The fourth-order valence-electron chi connectivity index (χ4n) is 1.93. The summed E-state index contributed by atoms with van der Waals surface area (Å²) in [6.45, 7) is 6.48. The van der Waals surface area contributed by atoms with Crippen molar-refractivity contribution in [1.82, 2.24) is 4.98 Å². The second kappa shape index (κ2) is 4.48. The molecule has 82 valence electrons. The second-order valence-electron chi connectivity index (χ2n) is 4.46. The molecule has 0 spiro atoms. The van der Waals surface area contributed by atoms with Gasteiger partial charge in [0.1, 0.15) is 0 Å². The lowest BCUT2D eigenvalue weighted by molar-refractivity contribution is 0.826. The van der Waals surface area contributed by atoms with E-state index in [9.17, 15) is 0 Å². The van der Waals surface area contributed by atoms with Crippen LogP contribution in [0.2, 0.25) is 0 Å². The monoisotopic (exact) mass is 211 g/mol. The van der Waals surface area contributed by atoms with Crippen LogP contribution in [0.1, 0.15) is 31.0 Å². The lowest BCUT2D eigenvalue weighted by Gasteiger charge is -2.11. The number of benzene rings is 1. The lowest BCUT2D eigenvalue weighted by Crippen LogP contribution is -1.95. The molecule has 0 aliphatic rings. The van der Waals surface area contributed by atoms with Crippen LogP contribution in [0.5, 0.6) is 0 Å². The zero-order valence-electron chi connectivity index (χ0n) is 10.1. The third-order valence-electron chi connectivity index (χ3n) is 2.71. The highest BCUT2D eigenvalue weighted by Gasteiger charge is 2.08. The first-order valence-electron chi connectivity index (χ1n) is 5.70. The normalized spacial score (nSPS) is 10.8. The quantitative estimate of drug-likeness (QED) is 0.726. The highest BCUT2D eigenvalue weighted by Crippen LogP contribution is 2.27. The van der Waals surface area contributed by atoms with Gasteiger partial charge in [-0.1, -0.05) is 49.7 Å². The van der Waals surface area contributed by atoms with Gasteiger partial charge in [-0.25, -0.2) is 0 Å². The zero-order valence-corrected chi connectivity index (χ0v) is 10.1. The molecule has 1 aromatic carbocycles. The molecule has 2 aromatic rings. The van der Waals surface area contributed by atoms with E-state index in [-0.39, 0.29) is 0 Å². The van der Waals surface area contributed by atoms with Gasteiger partial charge in [0.05, 0.1) is 5.69 Å². The molecule has 0 saturated carbocycles. The van der Waals surface area contributed by atoms with E-state index in [1.807, 2.05) is 12.3 Å². The Bertz CT molecular complexity index is 486. The minimum atomic E-state index is 0.455. The van der Waals surface area contributed by atoms with Crippen molar-refractivity contribution in [3.63, 3.8) is 0 Å². The SMILES string of the molecule is Cc1cccc(-c2cccnc2C(C)C)c1. The molecule has 1 heterocycles. The Kier molecular flexibility index (Phi) is 3.04. The third kappa shape index (κ3) is 2.13. The fourth-order valence-corrected chi connectivity index (χ4v) is 1.93. The molecule has 0 amide bonds. The van der Waals surface area contributed by atoms with E-state index < -0.39 is 0 Å². The Morgan fingerprint density at radius 3 is 2.56 bits per heavy atom. The summed E-state index contributed by atoms with van der Waals surface area (Å²) in [6, 6.07) is 12.7. The number of aryl methyl sites for hydroxylation is 1. The fraction of sp³-hybridized carbons (Fsp3) is 0.267. The van der Waals surface area contributed by atoms with Gasteiger partial charge < -0.3 is 0 Å². The Labute approximate surface area is 97.2 Å². The number of aromatic nitrogens is 1. The van der Waals surface area contributed by atoms with Crippen LogP contribution in [-0.2, 0) is 0 Å². The molecule has 0 N–H and O–H groups in total. The molecular weight excluding hydrogens is 194 g/mol. The van der Waals surface area contributed by atoms with Crippen LogP contribution in [0.25, 0.3) is 11.1 Å². The molecule has 1 aromatic heterocycles. The highest BCUT2D eigenvalue weighted by atomic mass is 14.7. The van der Waals surface area contributed by atoms with Crippen LogP contribution in [0.15, 0.2) is 42.6 Å². The van der Waals surface area contributed by atoms with Crippen molar-refractivity contribution >= 4 is 0 Å².